The summed E-state index contributed by atoms with van der Waals surface area (Å²) < 4.78 is 19.2. The van der Waals surface area contributed by atoms with Crippen LogP contribution in [0.1, 0.15) is 42.1 Å². The molecule has 198 valence electrons. The number of anilines is 1. The lowest BCUT2D eigenvalue weighted by Gasteiger charge is -2.20. The van der Waals surface area contributed by atoms with Gasteiger partial charge >= 0.3 is 0 Å². The van der Waals surface area contributed by atoms with Crippen LogP contribution in [0.3, 0.4) is 0 Å². The number of ether oxygens (including phenoxy) is 3. The van der Waals surface area contributed by atoms with Crippen molar-refractivity contribution in [1.29, 1.82) is 0 Å². The summed E-state index contributed by atoms with van der Waals surface area (Å²) in [6.45, 7) is 6.24. The van der Waals surface area contributed by atoms with Gasteiger partial charge in [-0.05, 0) is 74.2 Å². The van der Waals surface area contributed by atoms with Crippen molar-refractivity contribution in [2.45, 2.75) is 45.6 Å². The van der Waals surface area contributed by atoms with Crippen LogP contribution in [0.4, 0.5) is 5.69 Å². The number of hydrogen-bond donors (Lipinski definition) is 0. The van der Waals surface area contributed by atoms with Gasteiger partial charge in [0.05, 0.1) is 37.5 Å². The third-order valence-electron chi connectivity index (χ3n) is 7.37. The van der Waals surface area contributed by atoms with Crippen LogP contribution in [0, 0.1) is 13.8 Å². The maximum atomic E-state index is 13.2. The lowest BCUT2D eigenvalue weighted by molar-refractivity contribution is -0.117. The number of amides is 1. The standard InChI is InChI=1S/C31H35N3O4/c1-21-11-12-25(17-22(21)2)38-16-8-7-15-33-27-10-6-5-9-26(27)32-31(33)23-18-30(35)34(20-23)28-19-24(36-3)13-14-29(28)37-4/h5-6,9-14,17,19,23H,7-8,15-16,18,20H2,1-4H3. The SMILES string of the molecule is COc1ccc(OC)c(N2CC(c3nc4ccccc4n3CCCCOc3ccc(C)c(C)c3)CC2=O)c1. The Hall–Kier alpha value is -4.00. The molecule has 7 heteroatoms. The zero-order valence-electron chi connectivity index (χ0n) is 22.6. The lowest BCUT2D eigenvalue weighted by atomic mass is 10.1. The van der Waals surface area contributed by atoms with Gasteiger partial charge in [0.25, 0.3) is 0 Å². The molecule has 3 aromatic carbocycles. The molecule has 1 amide bonds. The molecular formula is C31H35N3O4. The topological polar surface area (TPSA) is 65.8 Å². The molecule has 0 bridgehead atoms. The number of rotatable bonds is 10. The Morgan fingerprint density at radius 1 is 0.921 bits per heavy atom. The van der Waals surface area contributed by atoms with E-state index >= 15 is 0 Å². The number of hydrogen-bond acceptors (Lipinski definition) is 5. The normalized spacial score (nSPS) is 15.3. The van der Waals surface area contributed by atoms with Crippen molar-refractivity contribution in [2.75, 3.05) is 32.3 Å². The van der Waals surface area contributed by atoms with Crippen LogP contribution in [-0.4, -0.2) is 42.8 Å². The summed E-state index contributed by atoms with van der Waals surface area (Å²) in [7, 11) is 3.24. The molecule has 1 unspecified atom stereocenters. The second kappa shape index (κ2) is 11.2. The molecule has 1 aliphatic rings. The van der Waals surface area contributed by atoms with Crippen molar-refractivity contribution >= 4 is 22.6 Å². The fraction of sp³-hybridized carbons (Fsp3) is 0.355. The molecule has 1 aliphatic heterocycles. The third-order valence-corrected chi connectivity index (χ3v) is 7.37. The summed E-state index contributed by atoms with van der Waals surface area (Å²) in [6, 6.07) is 20.0. The largest absolute Gasteiger partial charge is 0.497 e. The number of para-hydroxylation sites is 2. The van der Waals surface area contributed by atoms with Crippen molar-refractivity contribution in [3.05, 3.63) is 77.6 Å². The highest BCUT2D eigenvalue weighted by atomic mass is 16.5. The van der Waals surface area contributed by atoms with Gasteiger partial charge in [-0.1, -0.05) is 18.2 Å². The maximum Gasteiger partial charge on any atom is 0.227 e. The smallest absolute Gasteiger partial charge is 0.227 e. The Morgan fingerprint density at radius 2 is 1.74 bits per heavy atom. The number of benzene rings is 3. The van der Waals surface area contributed by atoms with E-state index in [0.29, 0.717) is 31.1 Å². The predicted octanol–water partition coefficient (Wildman–Crippen LogP) is 6.05. The first-order chi connectivity index (χ1) is 18.5. The molecule has 5 rings (SSSR count). The minimum atomic E-state index is -0.0161. The average molecular weight is 514 g/mol. The molecule has 0 aliphatic carbocycles. The number of imidazole rings is 1. The van der Waals surface area contributed by atoms with Crippen LogP contribution in [0.25, 0.3) is 11.0 Å². The molecule has 2 heterocycles. The lowest BCUT2D eigenvalue weighted by Crippen LogP contribution is -2.25. The van der Waals surface area contributed by atoms with E-state index in [1.807, 2.05) is 42.5 Å². The second-order valence-electron chi connectivity index (χ2n) is 9.86. The van der Waals surface area contributed by atoms with E-state index in [0.717, 1.165) is 47.7 Å². The van der Waals surface area contributed by atoms with Crippen LogP contribution in [0.5, 0.6) is 17.2 Å². The number of methoxy groups -OCH3 is 2. The van der Waals surface area contributed by atoms with Gasteiger partial charge in [0.15, 0.2) is 0 Å². The minimum Gasteiger partial charge on any atom is -0.497 e. The number of unbranched alkanes of at least 4 members (excludes halogenated alkanes) is 1. The van der Waals surface area contributed by atoms with E-state index < -0.39 is 0 Å². The van der Waals surface area contributed by atoms with Gasteiger partial charge in [0.2, 0.25) is 5.91 Å². The predicted molar refractivity (Wildman–Crippen MR) is 150 cm³/mol. The summed E-state index contributed by atoms with van der Waals surface area (Å²) in [5, 5.41) is 0. The molecule has 1 aromatic heterocycles. The molecular weight excluding hydrogens is 478 g/mol. The molecule has 7 nitrogen and oxygen atoms in total. The van der Waals surface area contributed by atoms with E-state index in [1.165, 1.54) is 11.1 Å². The fourth-order valence-electron chi connectivity index (χ4n) is 5.13. The van der Waals surface area contributed by atoms with E-state index in [2.05, 4.69) is 36.6 Å². The van der Waals surface area contributed by atoms with Crippen LogP contribution < -0.4 is 19.1 Å². The van der Waals surface area contributed by atoms with Gasteiger partial charge in [0.1, 0.15) is 23.1 Å². The van der Waals surface area contributed by atoms with Crippen molar-refractivity contribution < 1.29 is 19.0 Å². The van der Waals surface area contributed by atoms with Crippen molar-refractivity contribution in [3.63, 3.8) is 0 Å². The highest BCUT2D eigenvalue weighted by molar-refractivity contribution is 5.98. The van der Waals surface area contributed by atoms with Gasteiger partial charge in [-0.3, -0.25) is 4.79 Å². The summed E-state index contributed by atoms with van der Waals surface area (Å²) >= 11 is 0. The van der Waals surface area contributed by atoms with Crippen LogP contribution in [0.2, 0.25) is 0 Å². The highest BCUT2D eigenvalue weighted by Gasteiger charge is 2.36. The Bertz CT molecular complexity index is 1440. The third kappa shape index (κ3) is 5.19. The van der Waals surface area contributed by atoms with Crippen LogP contribution in [-0.2, 0) is 11.3 Å². The summed E-state index contributed by atoms with van der Waals surface area (Å²) in [5.74, 6) is 3.25. The molecule has 1 fully saturated rings. The number of carbonyl (C=O) groups is 1. The van der Waals surface area contributed by atoms with Crippen molar-refractivity contribution in [2.24, 2.45) is 0 Å². The van der Waals surface area contributed by atoms with E-state index in [9.17, 15) is 4.79 Å². The van der Waals surface area contributed by atoms with Gasteiger partial charge < -0.3 is 23.7 Å². The van der Waals surface area contributed by atoms with Crippen molar-refractivity contribution in [1.82, 2.24) is 9.55 Å². The molecule has 4 aromatic rings. The van der Waals surface area contributed by atoms with Gasteiger partial charge in [-0.25, -0.2) is 4.98 Å². The van der Waals surface area contributed by atoms with Gasteiger partial charge in [-0.15, -0.1) is 0 Å². The fourth-order valence-corrected chi connectivity index (χ4v) is 5.13. The molecule has 0 radical (unpaired) electrons. The van der Waals surface area contributed by atoms with E-state index in [-0.39, 0.29) is 11.8 Å². The average Bonchev–Trinajstić information content (AvgIpc) is 3.50. The van der Waals surface area contributed by atoms with Gasteiger partial charge in [-0.2, -0.15) is 0 Å². The van der Waals surface area contributed by atoms with E-state index in [4.69, 9.17) is 19.2 Å². The Balaban J connectivity index is 1.31. The maximum absolute atomic E-state index is 13.2. The monoisotopic (exact) mass is 513 g/mol. The molecule has 0 saturated carbocycles. The number of nitrogens with zero attached hydrogens (tertiary/aromatic N) is 3. The number of carbonyl (C=O) groups excluding carboxylic acids is 1. The highest BCUT2D eigenvalue weighted by Crippen LogP contribution is 2.39. The Morgan fingerprint density at radius 3 is 2.53 bits per heavy atom. The summed E-state index contributed by atoms with van der Waals surface area (Å²) in [5.41, 5.74) is 5.29. The van der Waals surface area contributed by atoms with E-state index in [1.54, 1.807) is 19.1 Å². The number of fused-ring (bicyclic) bond motifs is 1. The van der Waals surface area contributed by atoms with Crippen LogP contribution in [0.15, 0.2) is 60.7 Å². The van der Waals surface area contributed by atoms with Crippen molar-refractivity contribution in [3.8, 4) is 17.2 Å². The zero-order valence-corrected chi connectivity index (χ0v) is 22.6. The van der Waals surface area contributed by atoms with Crippen LogP contribution >= 0.6 is 0 Å². The number of aromatic nitrogens is 2. The second-order valence-corrected chi connectivity index (χ2v) is 9.86. The first kappa shape index (κ1) is 25.6. The molecule has 1 atom stereocenters. The molecule has 1 saturated heterocycles. The quantitative estimate of drug-likeness (QED) is 0.242. The minimum absolute atomic E-state index is 0.0161. The number of aryl methyl sites for hydroxylation is 3. The summed E-state index contributed by atoms with van der Waals surface area (Å²) in [4.78, 5) is 20.0. The first-order valence-electron chi connectivity index (χ1n) is 13.2. The summed E-state index contributed by atoms with van der Waals surface area (Å²) in [6.07, 6.45) is 2.28. The zero-order chi connectivity index (χ0) is 26.6. The first-order valence-corrected chi connectivity index (χ1v) is 13.2. The van der Waals surface area contributed by atoms with Gasteiger partial charge in [0, 0.05) is 31.5 Å². The molecule has 0 spiro atoms. The molecule has 0 N–H and O–H groups in total. The Labute approximate surface area is 224 Å². The molecule has 38 heavy (non-hydrogen) atoms. The Kier molecular flexibility index (Phi) is 7.54.